The summed E-state index contributed by atoms with van der Waals surface area (Å²) >= 11 is 2.24. The average Bonchev–Trinajstić information content (AvgIpc) is 3.18. The molecule has 0 spiro atoms. The molecule has 1 aromatic heterocycles. The molecule has 0 bridgehead atoms. The Balaban J connectivity index is 1.85. The van der Waals surface area contributed by atoms with Crippen LogP contribution in [0.4, 0.5) is 5.69 Å². The van der Waals surface area contributed by atoms with Gasteiger partial charge in [0.25, 0.3) is 5.91 Å². The van der Waals surface area contributed by atoms with E-state index in [4.69, 9.17) is 0 Å². The van der Waals surface area contributed by atoms with Gasteiger partial charge in [0, 0.05) is 20.9 Å². The van der Waals surface area contributed by atoms with E-state index in [9.17, 15) is 4.79 Å². The van der Waals surface area contributed by atoms with Gasteiger partial charge in [0.15, 0.2) is 5.69 Å². The Morgan fingerprint density at radius 2 is 1.91 bits per heavy atom. The van der Waals surface area contributed by atoms with Crippen molar-refractivity contribution in [1.29, 1.82) is 0 Å². The first-order chi connectivity index (χ1) is 10.3. The molecule has 0 unspecified atom stereocenters. The maximum Gasteiger partial charge on any atom is 0.276 e. The van der Waals surface area contributed by atoms with Gasteiger partial charge in [-0.2, -0.15) is 5.10 Å². The van der Waals surface area contributed by atoms with Crippen molar-refractivity contribution in [3.63, 3.8) is 0 Å². The second-order valence-electron chi connectivity index (χ2n) is 6.77. The summed E-state index contributed by atoms with van der Waals surface area (Å²) in [5, 5.41) is 7.48. The van der Waals surface area contributed by atoms with E-state index in [0.29, 0.717) is 11.6 Å². The zero-order valence-corrected chi connectivity index (χ0v) is 15.2. The highest BCUT2D eigenvalue weighted by atomic mass is 127. The van der Waals surface area contributed by atoms with Crippen molar-refractivity contribution < 1.29 is 4.79 Å². The van der Waals surface area contributed by atoms with E-state index in [1.165, 1.54) is 18.5 Å². The molecule has 0 saturated heterocycles. The third-order valence-corrected chi connectivity index (χ3v) is 4.42. The van der Waals surface area contributed by atoms with Crippen molar-refractivity contribution in [2.75, 3.05) is 5.32 Å². The van der Waals surface area contributed by atoms with Crippen LogP contribution >= 0.6 is 22.6 Å². The summed E-state index contributed by atoms with van der Waals surface area (Å²) in [7, 11) is 0. The smallest absolute Gasteiger partial charge is 0.276 e. The van der Waals surface area contributed by atoms with Crippen molar-refractivity contribution in [3.05, 3.63) is 45.3 Å². The van der Waals surface area contributed by atoms with E-state index >= 15 is 0 Å². The van der Waals surface area contributed by atoms with Gasteiger partial charge in [-0.05, 0) is 86.5 Å². The Morgan fingerprint density at radius 3 is 2.45 bits per heavy atom. The number of nitrogens with one attached hydrogen (secondary N) is 1. The monoisotopic (exact) mass is 409 g/mol. The molecule has 1 heterocycles. The first kappa shape index (κ1) is 15.5. The quantitative estimate of drug-likeness (QED) is 0.766. The molecule has 0 atom stereocenters. The van der Waals surface area contributed by atoms with Gasteiger partial charge in [0.1, 0.15) is 0 Å². The standard InChI is InChI=1S/C17H20IN3O/c1-17(2,3)21-15(11-4-5-11)10-14(20-21)16(22)19-13-8-6-12(18)7-9-13/h6-11H,4-5H2,1-3H3,(H,19,22). The summed E-state index contributed by atoms with van der Waals surface area (Å²) in [6.45, 7) is 6.35. The first-order valence-electron chi connectivity index (χ1n) is 7.52. The lowest BCUT2D eigenvalue weighted by Gasteiger charge is -2.22. The topological polar surface area (TPSA) is 46.9 Å². The van der Waals surface area contributed by atoms with E-state index in [-0.39, 0.29) is 11.4 Å². The van der Waals surface area contributed by atoms with E-state index in [1.54, 1.807) is 0 Å². The average molecular weight is 409 g/mol. The normalized spacial score (nSPS) is 14.9. The van der Waals surface area contributed by atoms with Gasteiger partial charge >= 0.3 is 0 Å². The van der Waals surface area contributed by atoms with E-state index in [2.05, 4.69) is 53.8 Å². The second-order valence-corrected chi connectivity index (χ2v) is 8.02. The van der Waals surface area contributed by atoms with E-state index < -0.39 is 0 Å². The molecule has 0 aliphatic heterocycles. The number of carbonyl (C=O) groups excluding carboxylic acids is 1. The van der Waals surface area contributed by atoms with Gasteiger partial charge in [-0.15, -0.1) is 0 Å². The van der Waals surface area contributed by atoms with Crippen molar-refractivity contribution in [1.82, 2.24) is 9.78 Å². The Bertz CT molecular complexity index is 694. The molecular weight excluding hydrogens is 389 g/mol. The molecule has 4 nitrogen and oxygen atoms in total. The van der Waals surface area contributed by atoms with Gasteiger partial charge in [-0.1, -0.05) is 0 Å². The van der Waals surface area contributed by atoms with Crippen LogP contribution in [0, 0.1) is 3.57 Å². The summed E-state index contributed by atoms with van der Waals surface area (Å²) in [5.74, 6) is 0.415. The molecule has 1 aliphatic carbocycles. The Hall–Kier alpha value is -1.37. The maximum absolute atomic E-state index is 12.4. The van der Waals surface area contributed by atoms with Gasteiger partial charge < -0.3 is 5.32 Å². The molecule has 1 fully saturated rings. The molecule has 1 aromatic carbocycles. The summed E-state index contributed by atoms with van der Waals surface area (Å²) < 4.78 is 3.15. The highest BCUT2D eigenvalue weighted by molar-refractivity contribution is 14.1. The number of anilines is 1. The SMILES string of the molecule is CC(C)(C)n1nc(C(=O)Nc2ccc(I)cc2)cc1C1CC1. The van der Waals surface area contributed by atoms with Crippen LogP contribution in [-0.2, 0) is 5.54 Å². The number of nitrogens with zero attached hydrogens (tertiary/aromatic N) is 2. The maximum atomic E-state index is 12.4. The lowest BCUT2D eigenvalue weighted by Crippen LogP contribution is -2.25. The fraction of sp³-hybridized carbons (Fsp3) is 0.412. The van der Waals surface area contributed by atoms with Crippen LogP contribution in [0.2, 0.25) is 0 Å². The zero-order valence-electron chi connectivity index (χ0n) is 13.1. The Morgan fingerprint density at radius 1 is 1.27 bits per heavy atom. The lowest BCUT2D eigenvalue weighted by molar-refractivity contribution is 0.102. The van der Waals surface area contributed by atoms with Crippen LogP contribution in [0.15, 0.2) is 30.3 Å². The number of carbonyl (C=O) groups is 1. The lowest BCUT2D eigenvalue weighted by atomic mass is 10.1. The predicted molar refractivity (Wildman–Crippen MR) is 96.3 cm³/mol. The van der Waals surface area contributed by atoms with Crippen molar-refractivity contribution in [3.8, 4) is 0 Å². The molecule has 1 amide bonds. The number of halogens is 1. The second kappa shape index (κ2) is 5.68. The number of hydrogen-bond acceptors (Lipinski definition) is 2. The molecule has 0 radical (unpaired) electrons. The summed E-state index contributed by atoms with van der Waals surface area (Å²) in [4.78, 5) is 12.4. The Kier molecular flexibility index (Phi) is 4.01. The third kappa shape index (κ3) is 3.34. The predicted octanol–water partition coefficient (Wildman–Crippen LogP) is 4.37. The summed E-state index contributed by atoms with van der Waals surface area (Å²) in [5.41, 5.74) is 2.36. The van der Waals surface area contributed by atoms with Crippen LogP contribution in [0.25, 0.3) is 0 Å². The van der Waals surface area contributed by atoms with Crippen LogP contribution in [0.1, 0.15) is 55.7 Å². The number of hydrogen-bond donors (Lipinski definition) is 1. The molecule has 3 rings (SSSR count). The third-order valence-electron chi connectivity index (χ3n) is 3.70. The molecule has 22 heavy (non-hydrogen) atoms. The van der Waals surface area contributed by atoms with Gasteiger partial charge in [-0.3, -0.25) is 9.48 Å². The van der Waals surface area contributed by atoms with E-state index in [1.807, 2.05) is 35.0 Å². The highest BCUT2D eigenvalue weighted by Crippen LogP contribution is 2.41. The van der Waals surface area contributed by atoms with Crippen molar-refractivity contribution in [2.45, 2.75) is 45.1 Å². The Labute approximate surface area is 144 Å². The van der Waals surface area contributed by atoms with Crippen molar-refractivity contribution >= 4 is 34.2 Å². The molecular formula is C17H20IN3O. The zero-order chi connectivity index (χ0) is 15.9. The molecule has 1 N–H and O–H groups in total. The van der Waals surface area contributed by atoms with Gasteiger partial charge in [-0.25, -0.2) is 0 Å². The molecule has 1 saturated carbocycles. The van der Waals surface area contributed by atoms with Gasteiger partial charge in [0.2, 0.25) is 0 Å². The minimum absolute atomic E-state index is 0.112. The van der Waals surface area contributed by atoms with Crippen LogP contribution in [0.3, 0.4) is 0 Å². The number of aromatic nitrogens is 2. The molecule has 1 aliphatic rings. The molecule has 2 aromatic rings. The van der Waals surface area contributed by atoms with Crippen LogP contribution in [-0.4, -0.2) is 15.7 Å². The van der Waals surface area contributed by atoms with Crippen LogP contribution in [0.5, 0.6) is 0 Å². The summed E-state index contributed by atoms with van der Waals surface area (Å²) in [6.07, 6.45) is 2.39. The highest BCUT2D eigenvalue weighted by Gasteiger charge is 2.32. The largest absolute Gasteiger partial charge is 0.321 e. The molecule has 116 valence electrons. The van der Waals surface area contributed by atoms with Crippen molar-refractivity contribution in [2.24, 2.45) is 0 Å². The van der Waals surface area contributed by atoms with Gasteiger partial charge in [0.05, 0.1) is 5.54 Å². The fourth-order valence-corrected chi connectivity index (χ4v) is 2.80. The first-order valence-corrected chi connectivity index (χ1v) is 8.60. The number of benzene rings is 1. The number of rotatable bonds is 3. The summed E-state index contributed by atoms with van der Waals surface area (Å²) in [6, 6.07) is 9.70. The minimum Gasteiger partial charge on any atom is -0.321 e. The van der Waals surface area contributed by atoms with Crippen LogP contribution < -0.4 is 5.32 Å². The number of amides is 1. The minimum atomic E-state index is -0.147. The fourth-order valence-electron chi connectivity index (χ4n) is 2.44. The molecule has 5 heteroatoms. The van der Waals surface area contributed by atoms with E-state index in [0.717, 1.165) is 9.26 Å².